The molecule has 0 radical (unpaired) electrons. The van der Waals surface area contributed by atoms with Gasteiger partial charge in [0.1, 0.15) is 5.75 Å². The summed E-state index contributed by atoms with van der Waals surface area (Å²) < 4.78 is 13.6. The van der Waals surface area contributed by atoms with Gasteiger partial charge in [0.25, 0.3) is 0 Å². The molecule has 6 nitrogen and oxygen atoms in total. The van der Waals surface area contributed by atoms with Crippen molar-refractivity contribution in [3.63, 3.8) is 0 Å². The molecule has 106 valence electrons. The average Bonchev–Trinajstić information content (AvgIpc) is 2.37. The Morgan fingerprint density at radius 2 is 1.80 bits per heavy atom. The van der Waals surface area contributed by atoms with Gasteiger partial charge in [-0.15, -0.1) is 0 Å². The van der Waals surface area contributed by atoms with E-state index in [0.29, 0.717) is 11.3 Å². The standard InChI is InChI=1S/C14H14O6/c1-3-18-14(17)20-13(16)9-6-11-4-7-12(8-5-11)19-10(2)15/h4-9H,3H2,1-2H3/b9-6+. The number of hydrogen-bond donors (Lipinski definition) is 0. The van der Waals surface area contributed by atoms with Crippen molar-refractivity contribution in [2.24, 2.45) is 0 Å². The summed E-state index contributed by atoms with van der Waals surface area (Å²) in [6, 6.07) is 6.45. The van der Waals surface area contributed by atoms with Gasteiger partial charge in [0, 0.05) is 13.0 Å². The topological polar surface area (TPSA) is 78.9 Å². The van der Waals surface area contributed by atoms with Crippen LogP contribution in [0.25, 0.3) is 6.08 Å². The molecule has 1 aromatic carbocycles. The second-order valence-electron chi connectivity index (χ2n) is 3.60. The van der Waals surface area contributed by atoms with E-state index in [-0.39, 0.29) is 6.61 Å². The monoisotopic (exact) mass is 278 g/mol. The number of benzene rings is 1. The quantitative estimate of drug-likeness (QED) is 0.364. The number of carbonyl (C=O) groups excluding carboxylic acids is 3. The van der Waals surface area contributed by atoms with Crippen LogP contribution in [0.15, 0.2) is 30.3 Å². The van der Waals surface area contributed by atoms with Crippen molar-refractivity contribution in [2.45, 2.75) is 13.8 Å². The molecule has 0 heterocycles. The minimum Gasteiger partial charge on any atom is -0.434 e. The van der Waals surface area contributed by atoms with Gasteiger partial charge in [-0.25, -0.2) is 9.59 Å². The highest BCUT2D eigenvalue weighted by Crippen LogP contribution is 2.13. The van der Waals surface area contributed by atoms with Crippen molar-refractivity contribution in [2.75, 3.05) is 6.61 Å². The second kappa shape index (κ2) is 7.73. The van der Waals surface area contributed by atoms with Gasteiger partial charge >= 0.3 is 18.1 Å². The first-order chi connectivity index (χ1) is 9.51. The second-order valence-corrected chi connectivity index (χ2v) is 3.60. The largest absolute Gasteiger partial charge is 0.516 e. The molecular weight excluding hydrogens is 264 g/mol. The molecule has 0 N–H and O–H groups in total. The van der Waals surface area contributed by atoms with Crippen molar-refractivity contribution >= 4 is 24.2 Å². The van der Waals surface area contributed by atoms with Gasteiger partial charge in [0.2, 0.25) is 0 Å². The summed E-state index contributed by atoms with van der Waals surface area (Å²) in [4.78, 5) is 32.8. The van der Waals surface area contributed by atoms with Gasteiger partial charge < -0.3 is 14.2 Å². The molecule has 0 saturated heterocycles. The van der Waals surface area contributed by atoms with E-state index in [9.17, 15) is 14.4 Å². The molecule has 0 bridgehead atoms. The lowest BCUT2D eigenvalue weighted by molar-refractivity contribution is -0.134. The zero-order chi connectivity index (χ0) is 15.0. The SMILES string of the molecule is CCOC(=O)OC(=O)/C=C/c1ccc(OC(C)=O)cc1. The predicted octanol–water partition coefficient (Wildman–Crippen LogP) is 2.32. The highest BCUT2D eigenvalue weighted by atomic mass is 16.7. The van der Waals surface area contributed by atoms with Crippen LogP contribution in [0.4, 0.5) is 4.79 Å². The van der Waals surface area contributed by atoms with Gasteiger partial charge in [0.05, 0.1) is 6.61 Å². The predicted molar refractivity (Wildman–Crippen MR) is 69.9 cm³/mol. The van der Waals surface area contributed by atoms with Gasteiger partial charge in [0.15, 0.2) is 0 Å². The molecule has 0 aliphatic heterocycles. The maximum Gasteiger partial charge on any atom is 0.516 e. The number of rotatable bonds is 4. The Morgan fingerprint density at radius 1 is 1.15 bits per heavy atom. The van der Waals surface area contributed by atoms with Crippen molar-refractivity contribution in [3.8, 4) is 5.75 Å². The van der Waals surface area contributed by atoms with Gasteiger partial charge in [-0.1, -0.05) is 12.1 Å². The molecule has 0 aromatic heterocycles. The molecule has 0 aliphatic rings. The first-order valence-electron chi connectivity index (χ1n) is 5.86. The van der Waals surface area contributed by atoms with E-state index >= 15 is 0 Å². The minimum absolute atomic E-state index is 0.132. The van der Waals surface area contributed by atoms with Crippen LogP contribution < -0.4 is 4.74 Å². The average molecular weight is 278 g/mol. The Morgan fingerprint density at radius 3 is 2.35 bits per heavy atom. The molecule has 1 aromatic rings. The van der Waals surface area contributed by atoms with Gasteiger partial charge in [-0.2, -0.15) is 0 Å². The summed E-state index contributed by atoms with van der Waals surface area (Å²) in [6.07, 6.45) is 1.52. The van der Waals surface area contributed by atoms with Crippen LogP contribution in [0.5, 0.6) is 5.75 Å². The first kappa shape index (κ1) is 15.4. The molecule has 0 spiro atoms. The van der Waals surface area contributed by atoms with Crippen molar-refractivity contribution < 1.29 is 28.6 Å². The number of ether oxygens (including phenoxy) is 3. The molecule has 6 heteroatoms. The summed E-state index contributed by atoms with van der Waals surface area (Å²) >= 11 is 0. The molecule has 1 rings (SSSR count). The zero-order valence-electron chi connectivity index (χ0n) is 11.1. The fourth-order valence-corrected chi connectivity index (χ4v) is 1.24. The Labute approximate surface area is 115 Å². The van der Waals surface area contributed by atoms with Crippen LogP contribution in [0, 0.1) is 0 Å². The molecule has 0 amide bonds. The maximum atomic E-state index is 11.2. The zero-order valence-corrected chi connectivity index (χ0v) is 11.1. The van der Waals surface area contributed by atoms with E-state index < -0.39 is 18.1 Å². The fraction of sp³-hybridized carbons (Fsp3) is 0.214. The van der Waals surface area contributed by atoms with Crippen LogP contribution in [0.1, 0.15) is 19.4 Å². The molecular formula is C14H14O6. The van der Waals surface area contributed by atoms with Crippen LogP contribution in [0.3, 0.4) is 0 Å². The Bertz CT molecular complexity index is 515. The van der Waals surface area contributed by atoms with E-state index in [0.717, 1.165) is 6.08 Å². The summed E-state index contributed by atoms with van der Waals surface area (Å²) in [5.41, 5.74) is 0.682. The van der Waals surface area contributed by atoms with Crippen molar-refractivity contribution in [3.05, 3.63) is 35.9 Å². The van der Waals surface area contributed by atoms with E-state index in [1.807, 2.05) is 0 Å². The lowest BCUT2D eigenvalue weighted by atomic mass is 10.2. The van der Waals surface area contributed by atoms with E-state index in [4.69, 9.17) is 4.74 Å². The number of esters is 2. The molecule has 0 atom stereocenters. The summed E-state index contributed by atoms with van der Waals surface area (Å²) in [5.74, 6) is -0.831. The highest BCUT2D eigenvalue weighted by molar-refractivity contribution is 5.93. The normalized spacial score (nSPS) is 10.1. The third-order valence-electron chi connectivity index (χ3n) is 2.00. The molecule has 0 fully saturated rings. The number of carbonyl (C=O) groups is 3. The van der Waals surface area contributed by atoms with E-state index in [1.165, 1.54) is 13.0 Å². The fourth-order valence-electron chi connectivity index (χ4n) is 1.24. The molecule has 0 aliphatic carbocycles. The van der Waals surface area contributed by atoms with Gasteiger partial charge in [-0.3, -0.25) is 4.79 Å². The van der Waals surface area contributed by atoms with Crippen molar-refractivity contribution in [1.82, 2.24) is 0 Å². The van der Waals surface area contributed by atoms with Crippen LogP contribution in [-0.2, 0) is 19.1 Å². The smallest absolute Gasteiger partial charge is 0.434 e. The van der Waals surface area contributed by atoms with Crippen molar-refractivity contribution in [1.29, 1.82) is 0 Å². The lowest BCUT2D eigenvalue weighted by Gasteiger charge is -2.01. The summed E-state index contributed by atoms with van der Waals surface area (Å²) in [7, 11) is 0. The van der Waals surface area contributed by atoms with E-state index in [1.54, 1.807) is 31.2 Å². The third kappa shape index (κ3) is 5.81. The highest BCUT2D eigenvalue weighted by Gasteiger charge is 2.07. The van der Waals surface area contributed by atoms with Crippen LogP contribution in [0.2, 0.25) is 0 Å². The third-order valence-corrected chi connectivity index (χ3v) is 2.00. The van der Waals surface area contributed by atoms with Crippen LogP contribution >= 0.6 is 0 Å². The Kier molecular flexibility index (Phi) is 5.96. The summed E-state index contributed by atoms with van der Waals surface area (Å²) in [5, 5.41) is 0. The number of hydrogen-bond acceptors (Lipinski definition) is 6. The Balaban J connectivity index is 2.55. The Hall–Kier alpha value is -2.63. The molecule has 0 saturated carbocycles. The minimum atomic E-state index is -1.03. The van der Waals surface area contributed by atoms with E-state index in [2.05, 4.69) is 9.47 Å². The first-order valence-corrected chi connectivity index (χ1v) is 5.86. The van der Waals surface area contributed by atoms with Crippen LogP contribution in [-0.4, -0.2) is 24.7 Å². The lowest BCUT2D eigenvalue weighted by Crippen LogP contribution is -2.11. The van der Waals surface area contributed by atoms with Gasteiger partial charge in [-0.05, 0) is 30.7 Å². The molecule has 20 heavy (non-hydrogen) atoms. The maximum absolute atomic E-state index is 11.2. The summed E-state index contributed by atoms with van der Waals surface area (Å²) in [6.45, 7) is 3.04. The molecule has 0 unspecified atom stereocenters.